The predicted octanol–water partition coefficient (Wildman–Crippen LogP) is 4.38. The Balaban J connectivity index is 2.05. The van der Waals surface area contributed by atoms with E-state index in [4.69, 9.17) is 23.8 Å². The number of benzene rings is 2. The van der Waals surface area contributed by atoms with E-state index in [1.54, 1.807) is 24.3 Å². The van der Waals surface area contributed by atoms with Gasteiger partial charge in [0.15, 0.2) is 28.4 Å². The molecule has 0 aliphatic carbocycles. The van der Waals surface area contributed by atoms with Crippen molar-refractivity contribution >= 4 is 34.6 Å². The summed E-state index contributed by atoms with van der Waals surface area (Å²) in [6, 6.07) is 6.90. The standard InChI is InChI=1S/C14H9ClF4N2S/c15-8-3-1-7(2-4-8)6-20-14(22)21-13-11(18)9(16)5-10(17)12(13)19/h1-5H,6H2,(H2,20,21,22). The molecule has 0 spiro atoms. The van der Waals surface area contributed by atoms with Crippen molar-refractivity contribution < 1.29 is 17.6 Å². The van der Waals surface area contributed by atoms with Gasteiger partial charge in [-0.25, -0.2) is 17.6 Å². The van der Waals surface area contributed by atoms with Crippen molar-refractivity contribution in [2.24, 2.45) is 0 Å². The lowest BCUT2D eigenvalue weighted by molar-refractivity contribution is 0.459. The average molecular weight is 349 g/mol. The van der Waals surface area contributed by atoms with Crippen LogP contribution in [0.2, 0.25) is 5.02 Å². The summed E-state index contributed by atoms with van der Waals surface area (Å²) in [7, 11) is 0. The van der Waals surface area contributed by atoms with Crippen LogP contribution < -0.4 is 10.6 Å². The third-order valence-corrected chi connectivity index (χ3v) is 3.22. The summed E-state index contributed by atoms with van der Waals surface area (Å²) in [4.78, 5) is 0. The lowest BCUT2D eigenvalue weighted by Gasteiger charge is -2.12. The summed E-state index contributed by atoms with van der Waals surface area (Å²) in [5.74, 6) is -6.12. The highest BCUT2D eigenvalue weighted by Gasteiger charge is 2.19. The van der Waals surface area contributed by atoms with Crippen LogP contribution in [0.15, 0.2) is 30.3 Å². The molecule has 0 amide bonds. The van der Waals surface area contributed by atoms with E-state index in [0.717, 1.165) is 5.56 Å². The van der Waals surface area contributed by atoms with Gasteiger partial charge in [0.2, 0.25) is 0 Å². The molecule has 22 heavy (non-hydrogen) atoms. The molecule has 2 aromatic carbocycles. The SMILES string of the molecule is Fc1cc(F)c(F)c(NC(=S)NCc2ccc(Cl)cc2)c1F. The monoisotopic (exact) mass is 348 g/mol. The maximum Gasteiger partial charge on any atom is 0.185 e. The maximum absolute atomic E-state index is 13.5. The van der Waals surface area contributed by atoms with Crippen molar-refractivity contribution in [1.29, 1.82) is 0 Å². The van der Waals surface area contributed by atoms with Crippen molar-refractivity contribution in [2.45, 2.75) is 6.54 Å². The van der Waals surface area contributed by atoms with Crippen LogP contribution in [0, 0.1) is 23.3 Å². The lowest BCUT2D eigenvalue weighted by atomic mass is 10.2. The second-order valence-electron chi connectivity index (χ2n) is 4.28. The Kier molecular flexibility index (Phi) is 5.20. The van der Waals surface area contributed by atoms with Crippen LogP contribution in [0.3, 0.4) is 0 Å². The summed E-state index contributed by atoms with van der Waals surface area (Å²) >= 11 is 10.6. The molecule has 0 aliphatic heterocycles. The van der Waals surface area contributed by atoms with E-state index in [1.165, 1.54) is 0 Å². The van der Waals surface area contributed by atoms with Crippen molar-refractivity contribution in [3.8, 4) is 0 Å². The molecule has 2 nitrogen and oxygen atoms in total. The summed E-state index contributed by atoms with van der Waals surface area (Å²) in [5.41, 5.74) is -0.175. The molecule has 0 radical (unpaired) electrons. The van der Waals surface area contributed by atoms with Gasteiger partial charge in [-0.2, -0.15) is 0 Å². The minimum atomic E-state index is -1.55. The Morgan fingerprint density at radius 3 is 2.09 bits per heavy atom. The molecule has 0 unspecified atom stereocenters. The smallest absolute Gasteiger partial charge is 0.185 e. The van der Waals surface area contributed by atoms with Gasteiger partial charge in [0, 0.05) is 17.6 Å². The fourth-order valence-corrected chi connectivity index (χ4v) is 1.93. The number of anilines is 1. The van der Waals surface area contributed by atoms with Gasteiger partial charge in [-0.15, -0.1) is 0 Å². The molecule has 0 saturated carbocycles. The highest BCUT2D eigenvalue weighted by atomic mass is 35.5. The highest BCUT2D eigenvalue weighted by Crippen LogP contribution is 2.24. The van der Waals surface area contributed by atoms with Gasteiger partial charge >= 0.3 is 0 Å². The van der Waals surface area contributed by atoms with E-state index >= 15 is 0 Å². The minimum absolute atomic E-state index is 0.125. The molecule has 0 heterocycles. The molecule has 0 atom stereocenters. The second-order valence-corrected chi connectivity index (χ2v) is 5.12. The quantitative estimate of drug-likeness (QED) is 0.489. The van der Waals surface area contributed by atoms with E-state index in [9.17, 15) is 17.6 Å². The number of rotatable bonds is 3. The van der Waals surface area contributed by atoms with E-state index in [-0.39, 0.29) is 17.7 Å². The van der Waals surface area contributed by atoms with Gasteiger partial charge < -0.3 is 10.6 Å². The van der Waals surface area contributed by atoms with E-state index in [1.807, 2.05) is 0 Å². The van der Waals surface area contributed by atoms with Gasteiger partial charge in [0.05, 0.1) is 0 Å². The first-order valence-corrected chi connectivity index (χ1v) is 6.79. The molecule has 0 aromatic heterocycles. The zero-order valence-electron chi connectivity index (χ0n) is 10.9. The van der Waals surface area contributed by atoms with Gasteiger partial charge in [-0.1, -0.05) is 23.7 Å². The Morgan fingerprint density at radius 2 is 1.55 bits per heavy atom. The van der Waals surface area contributed by atoms with Gasteiger partial charge in [0.25, 0.3) is 0 Å². The van der Waals surface area contributed by atoms with Gasteiger partial charge in [-0.05, 0) is 29.9 Å². The third kappa shape index (κ3) is 3.86. The molecular weight excluding hydrogens is 340 g/mol. The first kappa shape index (κ1) is 16.5. The number of hydrogen-bond donors (Lipinski definition) is 2. The number of hydrogen-bond acceptors (Lipinski definition) is 1. The van der Waals surface area contributed by atoms with Crippen LogP contribution in [0.25, 0.3) is 0 Å². The van der Waals surface area contributed by atoms with E-state index < -0.39 is 29.0 Å². The lowest BCUT2D eigenvalue weighted by Crippen LogP contribution is -2.29. The first-order valence-electron chi connectivity index (χ1n) is 6.00. The normalized spacial score (nSPS) is 10.4. The molecule has 0 aliphatic rings. The molecule has 0 bridgehead atoms. The van der Waals surface area contributed by atoms with Crippen LogP contribution in [-0.4, -0.2) is 5.11 Å². The van der Waals surface area contributed by atoms with Crippen molar-refractivity contribution in [2.75, 3.05) is 5.32 Å². The Morgan fingerprint density at radius 1 is 1.00 bits per heavy atom. The molecule has 2 rings (SSSR count). The van der Waals surface area contributed by atoms with Crippen LogP contribution in [0.4, 0.5) is 23.2 Å². The number of nitrogens with one attached hydrogen (secondary N) is 2. The van der Waals surface area contributed by atoms with Gasteiger partial charge in [0.1, 0.15) is 5.69 Å². The summed E-state index contributed by atoms with van der Waals surface area (Å²) in [6.07, 6.45) is 0. The zero-order chi connectivity index (χ0) is 16.3. The largest absolute Gasteiger partial charge is 0.358 e. The summed E-state index contributed by atoms with van der Waals surface area (Å²) in [6.45, 7) is 0.240. The van der Waals surface area contributed by atoms with Crippen LogP contribution in [0.1, 0.15) is 5.56 Å². The minimum Gasteiger partial charge on any atom is -0.358 e. The Labute approximate surface area is 134 Å². The first-order chi connectivity index (χ1) is 10.4. The molecular formula is C14H9ClF4N2S. The topological polar surface area (TPSA) is 24.1 Å². The average Bonchev–Trinajstić information content (AvgIpc) is 2.49. The fourth-order valence-electron chi connectivity index (χ4n) is 1.63. The zero-order valence-corrected chi connectivity index (χ0v) is 12.5. The maximum atomic E-state index is 13.5. The number of thiocarbonyl (C=S) groups is 1. The van der Waals surface area contributed by atoms with Crippen LogP contribution in [0.5, 0.6) is 0 Å². The Bertz CT molecular complexity index is 681. The molecule has 0 saturated heterocycles. The molecule has 0 fully saturated rings. The van der Waals surface area contributed by atoms with Gasteiger partial charge in [-0.3, -0.25) is 0 Å². The molecule has 2 aromatic rings. The number of halogens is 5. The second kappa shape index (κ2) is 6.93. The van der Waals surface area contributed by atoms with E-state index in [2.05, 4.69) is 10.6 Å². The van der Waals surface area contributed by atoms with E-state index in [0.29, 0.717) is 5.02 Å². The summed E-state index contributed by atoms with van der Waals surface area (Å²) < 4.78 is 53.1. The predicted molar refractivity (Wildman–Crippen MR) is 80.8 cm³/mol. The molecule has 8 heteroatoms. The highest BCUT2D eigenvalue weighted by molar-refractivity contribution is 7.80. The Hall–Kier alpha value is -1.86. The van der Waals surface area contributed by atoms with Crippen molar-refractivity contribution in [1.82, 2.24) is 5.32 Å². The van der Waals surface area contributed by atoms with Crippen LogP contribution in [-0.2, 0) is 6.54 Å². The van der Waals surface area contributed by atoms with Crippen molar-refractivity contribution in [3.63, 3.8) is 0 Å². The summed E-state index contributed by atoms with van der Waals surface area (Å²) in [5, 5.41) is 5.14. The molecule has 2 N–H and O–H groups in total. The van der Waals surface area contributed by atoms with Crippen LogP contribution >= 0.6 is 23.8 Å². The molecule has 116 valence electrons. The third-order valence-electron chi connectivity index (χ3n) is 2.72. The fraction of sp³-hybridized carbons (Fsp3) is 0.0714. The van der Waals surface area contributed by atoms with Crippen molar-refractivity contribution in [3.05, 3.63) is 64.2 Å².